The van der Waals surface area contributed by atoms with Crippen molar-refractivity contribution in [2.24, 2.45) is 16.5 Å². The van der Waals surface area contributed by atoms with Crippen LogP contribution >= 0.6 is 11.3 Å². The van der Waals surface area contributed by atoms with Crippen LogP contribution in [0.5, 0.6) is 0 Å². The summed E-state index contributed by atoms with van der Waals surface area (Å²) in [5.74, 6) is 0.179. The van der Waals surface area contributed by atoms with E-state index in [0.717, 1.165) is 12.1 Å². The first-order valence-electron chi connectivity index (χ1n) is 6.32. The monoisotopic (exact) mass is 312 g/mol. The van der Waals surface area contributed by atoms with Gasteiger partial charge in [-0.25, -0.2) is 9.78 Å². The Bertz CT molecular complexity index is 526. The van der Waals surface area contributed by atoms with E-state index in [1.807, 2.05) is 12.3 Å². The number of thiazole rings is 1. The van der Waals surface area contributed by atoms with E-state index in [0.29, 0.717) is 17.5 Å². The third kappa shape index (κ3) is 6.08. The molecule has 0 aliphatic rings. The van der Waals surface area contributed by atoms with Crippen LogP contribution in [0.15, 0.2) is 10.4 Å². The van der Waals surface area contributed by atoms with Gasteiger partial charge in [0.25, 0.3) is 0 Å². The molecule has 1 aromatic rings. The van der Waals surface area contributed by atoms with Crippen molar-refractivity contribution in [1.82, 2.24) is 15.6 Å². The van der Waals surface area contributed by atoms with Crippen molar-refractivity contribution in [3.05, 3.63) is 11.1 Å². The Balaban J connectivity index is 2.67. The average molecular weight is 312 g/mol. The van der Waals surface area contributed by atoms with Crippen LogP contribution in [-0.2, 0) is 6.42 Å². The van der Waals surface area contributed by atoms with Gasteiger partial charge in [-0.15, -0.1) is 11.3 Å². The van der Waals surface area contributed by atoms with Crippen molar-refractivity contribution in [3.8, 4) is 0 Å². The van der Waals surface area contributed by atoms with Gasteiger partial charge in [0, 0.05) is 24.9 Å². The molecule has 0 aliphatic heterocycles. The molecule has 1 heterocycles. The number of nitrogens with zero attached hydrogens (tertiary/aromatic N) is 2. The molecule has 0 radical (unpaired) electrons. The number of primary amides is 1. The second-order valence-corrected chi connectivity index (χ2v) is 5.04. The molecule has 0 spiro atoms. The highest BCUT2D eigenvalue weighted by Crippen LogP contribution is 2.16. The molecule has 1 unspecified atom stereocenters. The maximum Gasteiger partial charge on any atom is 0.341 e. The zero-order chi connectivity index (χ0) is 15.8. The maximum absolute atomic E-state index is 10.8. The summed E-state index contributed by atoms with van der Waals surface area (Å²) in [4.78, 5) is 18.8. The van der Waals surface area contributed by atoms with Gasteiger partial charge in [0.1, 0.15) is 0 Å². The van der Waals surface area contributed by atoms with Crippen LogP contribution in [0, 0.1) is 5.41 Å². The molecule has 9 nitrogen and oxygen atoms in total. The highest BCUT2D eigenvalue weighted by Gasteiger charge is 2.12. The molecular formula is C11H20N8OS. The Morgan fingerprint density at radius 1 is 1.57 bits per heavy atom. The van der Waals surface area contributed by atoms with E-state index in [9.17, 15) is 4.79 Å². The molecule has 0 aromatic carbocycles. The molecule has 0 aliphatic carbocycles. The first kappa shape index (κ1) is 16.7. The number of aliphatic imine (C=N–C) groups is 1. The fourth-order valence-corrected chi connectivity index (χ4v) is 2.32. The highest BCUT2D eigenvalue weighted by molar-refractivity contribution is 7.13. The van der Waals surface area contributed by atoms with Crippen molar-refractivity contribution in [1.29, 1.82) is 5.41 Å². The molecule has 10 heteroatoms. The predicted molar refractivity (Wildman–Crippen MR) is 84.6 cm³/mol. The van der Waals surface area contributed by atoms with Crippen LogP contribution in [0.1, 0.15) is 19.0 Å². The van der Waals surface area contributed by atoms with E-state index in [1.165, 1.54) is 11.3 Å². The number of anilines is 1. The zero-order valence-corrected chi connectivity index (χ0v) is 12.8. The molecule has 0 bridgehead atoms. The Morgan fingerprint density at radius 3 is 2.81 bits per heavy atom. The number of hydrogen-bond donors (Lipinski definition) is 6. The second kappa shape index (κ2) is 8.04. The third-order valence-electron chi connectivity index (χ3n) is 2.54. The Hall–Kier alpha value is -2.36. The maximum atomic E-state index is 10.8. The third-order valence-corrected chi connectivity index (χ3v) is 3.35. The summed E-state index contributed by atoms with van der Waals surface area (Å²) in [5, 5.41) is 18.1. The molecule has 1 aromatic heterocycles. The lowest BCUT2D eigenvalue weighted by molar-refractivity contribution is 0.256. The number of guanidine groups is 2. The topological polar surface area (TPSA) is 154 Å². The fourth-order valence-electron chi connectivity index (χ4n) is 1.59. The van der Waals surface area contributed by atoms with Gasteiger partial charge in [-0.05, 0) is 6.42 Å². The number of rotatable bonds is 5. The molecule has 116 valence electrons. The van der Waals surface area contributed by atoms with Gasteiger partial charge in [-0.1, -0.05) is 6.92 Å². The minimum atomic E-state index is -0.761. The molecule has 8 N–H and O–H groups in total. The van der Waals surface area contributed by atoms with Crippen molar-refractivity contribution in [3.63, 3.8) is 0 Å². The van der Waals surface area contributed by atoms with Crippen molar-refractivity contribution >= 4 is 34.4 Å². The zero-order valence-electron chi connectivity index (χ0n) is 11.9. The normalized spacial score (nSPS) is 12.6. The Morgan fingerprint density at radius 2 is 2.29 bits per heavy atom. The van der Waals surface area contributed by atoms with Gasteiger partial charge >= 0.3 is 6.03 Å². The van der Waals surface area contributed by atoms with E-state index in [4.69, 9.17) is 16.9 Å². The average Bonchev–Trinajstić information content (AvgIpc) is 2.82. The molecule has 1 atom stereocenters. The minimum absolute atomic E-state index is 0.0443. The van der Waals surface area contributed by atoms with Crippen LogP contribution in [0.25, 0.3) is 0 Å². The molecule has 0 fully saturated rings. The number of carbonyl (C=O) groups excluding carboxylic acids is 1. The van der Waals surface area contributed by atoms with Crippen LogP contribution < -0.4 is 27.4 Å². The first-order valence-corrected chi connectivity index (χ1v) is 7.20. The lowest BCUT2D eigenvalue weighted by Gasteiger charge is -2.18. The van der Waals surface area contributed by atoms with Gasteiger partial charge in [-0.3, -0.25) is 5.41 Å². The number of carbonyl (C=O) groups is 1. The van der Waals surface area contributed by atoms with Gasteiger partial charge < -0.3 is 27.4 Å². The van der Waals surface area contributed by atoms with E-state index >= 15 is 0 Å². The Kier molecular flexibility index (Phi) is 6.40. The van der Waals surface area contributed by atoms with Crippen LogP contribution in [0.4, 0.5) is 9.93 Å². The van der Waals surface area contributed by atoms with Gasteiger partial charge in [0.15, 0.2) is 11.1 Å². The summed E-state index contributed by atoms with van der Waals surface area (Å²) in [6, 6.07) is -0.717. The molecule has 2 amide bonds. The Labute approximate surface area is 126 Å². The number of amides is 2. The summed E-state index contributed by atoms with van der Waals surface area (Å²) < 4.78 is 0. The van der Waals surface area contributed by atoms with Crippen LogP contribution in [0.3, 0.4) is 0 Å². The largest absolute Gasteiger partial charge is 0.370 e. The summed E-state index contributed by atoms with van der Waals surface area (Å²) in [6.07, 6.45) is 1.46. The number of aromatic nitrogens is 1. The van der Waals surface area contributed by atoms with Crippen LogP contribution in [-0.4, -0.2) is 36.0 Å². The highest BCUT2D eigenvalue weighted by atomic mass is 32.1. The standard InChI is InChI=1S/C11H20N8OS/c1-3-6(16-10(15-2)19-9(14)20)4-7-5-21-11(17-7)18-8(12)13/h5-6H,3-4H2,1-2H3,(H4,12,13,17,18)(H4,14,15,16,19,20). The van der Waals surface area contributed by atoms with Crippen molar-refractivity contribution in [2.75, 3.05) is 12.4 Å². The lowest BCUT2D eigenvalue weighted by Crippen LogP contribution is -2.43. The van der Waals surface area contributed by atoms with Gasteiger partial charge in [0.05, 0.1) is 5.69 Å². The fraction of sp³-hybridized carbons (Fsp3) is 0.455. The van der Waals surface area contributed by atoms with Gasteiger partial charge in [-0.2, -0.15) is 4.99 Å². The van der Waals surface area contributed by atoms with E-state index in [2.05, 4.69) is 25.9 Å². The van der Waals surface area contributed by atoms with Crippen LogP contribution in [0.2, 0.25) is 0 Å². The lowest BCUT2D eigenvalue weighted by atomic mass is 10.1. The summed E-state index contributed by atoms with van der Waals surface area (Å²) in [7, 11) is 1.65. The molecule has 1 rings (SSSR count). The molecule has 0 saturated carbocycles. The molecular weight excluding hydrogens is 292 g/mol. The summed E-state index contributed by atoms with van der Waals surface area (Å²) in [5.41, 5.74) is 11.1. The van der Waals surface area contributed by atoms with Crippen molar-refractivity contribution in [2.45, 2.75) is 25.8 Å². The van der Waals surface area contributed by atoms with Gasteiger partial charge in [0.2, 0.25) is 5.96 Å². The second-order valence-electron chi connectivity index (χ2n) is 4.18. The van der Waals surface area contributed by atoms with Crippen molar-refractivity contribution < 1.29 is 4.79 Å². The van der Waals surface area contributed by atoms with E-state index in [-0.39, 0.29) is 12.0 Å². The number of hydrogen-bond acceptors (Lipinski definition) is 4. The smallest absolute Gasteiger partial charge is 0.341 e. The SMILES string of the molecule is CCC(Cc1csc(NC(=N)N)n1)N/C(=N\C(N)=O)NC. The predicted octanol–water partition coefficient (Wildman–Crippen LogP) is 0.0133. The van der Waals surface area contributed by atoms with E-state index < -0.39 is 6.03 Å². The number of urea groups is 1. The summed E-state index contributed by atoms with van der Waals surface area (Å²) >= 11 is 1.37. The summed E-state index contributed by atoms with van der Waals surface area (Å²) in [6.45, 7) is 2.01. The first-order chi connectivity index (χ1) is 9.94. The van der Waals surface area contributed by atoms with E-state index in [1.54, 1.807) is 7.05 Å². The number of nitrogens with two attached hydrogens (primary N) is 2. The molecule has 0 saturated heterocycles. The quantitative estimate of drug-likeness (QED) is 0.332. The number of nitrogens with one attached hydrogen (secondary N) is 4. The minimum Gasteiger partial charge on any atom is -0.370 e. The molecule has 21 heavy (non-hydrogen) atoms.